The van der Waals surface area contributed by atoms with Crippen LogP contribution in [0.3, 0.4) is 0 Å². The summed E-state index contributed by atoms with van der Waals surface area (Å²) >= 11 is 1.41. The van der Waals surface area contributed by atoms with E-state index in [4.69, 9.17) is 9.72 Å². The predicted octanol–water partition coefficient (Wildman–Crippen LogP) is 4.30. The summed E-state index contributed by atoms with van der Waals surface area (Å²) in [6.07, 6.45) is 2.53. The summed E-state index contributed by atoms with van der Waals surface area (Å²) in [5.41, 5.74) is 3.14. The van der Waals surface area contributed by atoms with Crippen molar-refractivity contribution in [1.82, 2.24) is 9.36 Å². The normalized spacial score (nSPS) is 16.3. The van der Waals surface area contributed by atoms with Gasteiger partial charge in [-0.1, -0.05) is 29.8 Å². The van der Waals surface area contributed by atoms with E-state index < -0.39 is 0 Å². The van der Waals surface area contributed by atoms with E-state index in [-0.39, 0.29) is 11.8 Å². The van der Waals surface area contributed by atoms with Gasteiger partial charge in [-0.25, -0.2) is 4.98 Å². The van der Waals surface area contributed by atoms with Crippen LogP contribution in [0.25, 0.3) is 0 Å². The lowest BCUT2D eigenvalue weighted by Gasteiger charge is -2.31. The van der Waals surface area contributed by atoms with Crippen LogP contribution in [-0.4, -0.2) is 35.5 Å². The van der Waals surface area contributed by atoms with Gasteiger partial charge in [0.15, 0.2) is 0 Å². The minimum atomic E-state index is -0.0502. The first-order chi connectivity index (χ1) is 14.6. The minimum absolute atomic E-state index is 0.0502. The van der Waals surface area contributed by atoms with Crippen molar-refractivity contribution < 1.29 is 9.53 Å². The Hall–Kier alpha value is -2.93. The molecule has 156 valence electrons. The molecular weight excluding hydrogens is 396 g/mol. The molecule has 30 heavy (non-hydrogen) atoms. The monoisotopic (exact) mass is 422 g/mol. The maximum absolute atomic E-state index is 12.8. The Bertz CT molecular complexity index is 1000. The SMILES string of the molecule is COc1cccc(Cc2nsc(N3CCCC(C(=O)Nc4ccc(C)cc4)C3)n2)c1. The Morgan fingerprint density at radius 2 is 2.10 bits per heavy atom. The smallest absolute Gasteiger partial charge is 0.229 e. The van der Waals surface area contributed by atoms with E-state index in [0.29, 0.717) is 13.0 Å². The predicted molar refractivity (Wildman–Crippen MR) is 120 cm³/mol. The van der Waals surface area contributed by atoms with Crippen molar-refractivity contribution in [1.29, 1.82) is 0 Å². The number of rotatable bonds is 6. The number of benzene rings is 2. The Balaban J connectivity index is 1.38. The van der Waals surface area contributed by atoms with Gasteiger partial charge in [-0.2, -0.15) is 4.37 Å². The van der Waals surface area contributed by atoms with Crippen LogP contribution in [0.2, 0.25) is 0 Å². The number of anilines is 2. The molecule has 1 N–H and O–H groups in total. The standard InChI is InChI=1S/C23H26N4O2S/c1-16-8-10-19(11-9-16)24-22(28)18-6-4-12-27(15-18)23-25-21(26-30-23)14-17-5-3-7-20(13-17)29-2/h3,5,7-11,13,18H,4,6,12,14-15H2,1-2H3,(H,24,28). The number of aromatic nitrogens is 2. The molecule has 1 aliphatic heterocycles. The van der Waals surface area contributed by atoms with Crippen molar-refractivity contribution in [2.24, 2.45) is 5.92 Å². The molecular formula is C23H26N4O2S. The summed E-state index contributed by atoms with van der Waals surface area (Å²) < 4.78 is 9.83. The number of hydrogen-bond acceptors (Lipinski definition) is 6. The molecule has 6 nitrogen and oxygen atoms in total. The number of hydrogen-bond donors (Lipinski definition) is 1. The molecule has 1 unspecified atom stereocenters. The third-order valence-electron chi connectivity index (χ3n) is 5.34. The number of methoxy groups -OCH3 is 1. The van der Waals surface area contributed by atoms with Crippen LogP contribution in [0.1, 0.15) is 29.8 Å². The number of nitrogens with one attached hydrogen (secondary N) is 1. The lowest BCUT2D eigenvalue weighted by atomic mass is 9.97. The topological polar surface area (TPSA) is 67.3 Å². The van der Waals surface area contributed by atoms with Gasteiger partial charge in [-0.3, -0.25) is 4.79 Å². The van der Waals surface area contributed by atoms with Crippen molar-refractivity contribution in [3.63, 3.8) is 0 Å². The molecule has 0 spiro atoms. The van der Waals surface area contributed by atoms with Crippen molar-refractivity contribution in [2.45, 2.75) is 26.2 Å². The fourth-order valence-electron chi connectivity index (χ4n) is 3.66. The van der Waals surface area contributed by atoms with Crippen molar-refractivity contribution in [3.05, 3.63) is 65.5 Å². The highest BCUT2D eigenvalue weighted by molar-refractivity contribution is 7.09. The fourth-order valence-corrected chi connectivity index (χ4v) is 4.38. The van der Waals surface area contributed by atoms with Crippen LogP contribution in [0.4, 0.5) is 10.8 Å². The van der Waals surface area contributed by atoms with E-state index >= 15 is 0 Å². The molecule has 1 amide bonds. The number of nitrogens with zero attached hydrogens (tertiary/aromatic N) is 3. The van der Waals surface area contributed by atoms with Crippen LogP contribution in [0, 0.1) is 12.8 Å². The molecule has 1 aliphatic rings. The molecule has 1 aromatic heterocycles. The average Bonchev–Trinajstić information content (AvgIpc) is 3.24. The Morgan fingerprint density at radius 1 is 1.27 bits per heavy atom. The summed E-state index contributed by atoms with van der Waals surface area (Å²) in [5.74, 6) is 1.66. The molecule has 0 radical (unpaired) electrons. The van der Waals surface area contributed by atoms with Crippen LogP contribution in [-0.2, 0) is 11.2 Å². The summed E-state index contributed by atoms with van der Waals surface area (Å²) in [5, 5.41) is 3.94. The summed E-state index contributed by atoms with van der Waals surface area (Å²) in [6, 6.07) is 15.9. The van der Waals surface area contributed by atoms with Gasteiger partial charge in [0.1, 0.15) is 11.6 Å². The molecule has 1 fully saturated rings. The Labute approximate surface area is 181 Å². The summed E-state index contributed by atoms with van der Waals surface area (Å²) in [4.78, 5) is 19.7. The molecule has 4 rings (SSSR count). The molecule has 0 bridgehead atoms. The van der Waals surface area contributed by atoms with Crippen molar-refractivity contribution in [2.75, 3.05) is 30.4 Å². The van der Waals surface area contributed by atoms with E-state index in [1.165, 1.54) is 17.1 Å². The van der Waals surface area contributed by atoms with Crippen molar-refractivity contribution in [3.8, 4) is 5.75 Å². The lowest BCUT2D eigenvalue weighted by Crippen LogP contribution is -2.40. The van der Waals surface area contributed by atoms with Gasteiger partial charge in [-0.05, 0) is 49.6 Å². The van der Waals surface area contributed by atoms with E-state index in [1.54, 1.807) is 7.11 Å². The molecule has 2 aromatic carbocycles. The van der Waals surface area contributed by atoms with Gasteiger partial charge in [0.05, 0.1) is 13.0 Å². The highest BCUT2D eigenvalue weighted by Gasteiger charge is 2.27. The second kappa shape index (κ2) is 9.26. The fraction of sp³-hybridized carbons (Fsp3) is 0.348. The quantitative estimate of drug-likeness (QED) is 0.641. The number of carbonyl (C=O) groups excluding carboxylic acids is 1. The van der Waals surface area contributed by atoms with E-state index in [0.717, 1.165) is 47.3 Å². The minimum Gasteiger partial charge on any atom is -0.497 e. The second-order valence-corrected chi connectivity index (χ2v) is 8.39. The van der Waals surface area contributed by atoms with Crippen LogP contribution >= 0.6 is 11.5 Å². The second-order valence-electron chi connectivity index (χ2n) is 7.66. The first-order valence-electron chi connectivity index (χ1n) is 10.2. The number of amides is 1. The molecule has 3 aromatic rings. The van der Waals surface area contributed by atoms with Crippen LogP contribution < -0.4 is 15.0 Å². The third kappa shape index (κ3) is 4.97. The number of carbonyl (C=O) groups is 1. The Kier molecular flexibility index (Phi) is 6.28. The van der Waals surface area contributed by atoms with E-state index in [2.05, 4.69) is 20.7 Å². The molecule has 0 saturated carbocycles. The van der Waals surface area contributed by atoms with Crippen LogP contribution in [0.5, 0.6) is 5.75 Å². The first kappa shape index (κ1) is 20.3. The molecule has 7 heteroatoms. The third-order valence-corrected chi connectivity index (χ3v) is 6.15. The lowest BCUT2D eigenvalue weighted by molar-refractivity contribution is -0.120. The largest absolute Gasteiger partial charge is 0.497 e. The van der Waals surface area contributed by atoms with Crippen molar-refractivity contribution >= 4 is 28.3 Å². The summed E-state index contributed by atoms with van der Waals surface area (Å²) in [6.45, 7) is 3.61. The van der Waals surface area contributed by atoms with Crippen LogP contribution in [0.15, 0.2) is 48.5 Å². The number of ether oxygens (including phenoxy) is 1. The zero-order valence-electron chi connectivity index (χ0n) is 17.3. The highest BCUT2D eigenvalue weighted by atomic mass is 32.1. The van der Waals surface area contributed by atoms with Gasteiger partial charge in [0.25, 0.3) is 0 Å². The molecule has 2 heterocycles. The molecule has 1 atom stereocenters. The number of piperidine rings is 1. The van der Waals surface area contributed by atoms with E-state index in [9.17, 15) is 4.79 Å². The number of aryl methyl sites for hydroxylation is 1. The molecule has 0 aliphatic carbocycles. The maximum Gasteiger partial charge on any atom is 0.229 e. The Morgan fingerprint density at radius 3 is 2.90 bits per heavy atom. The zero-order chi connectivity index (χ0) is 20.9. The molecule has 1 saturated heterocycles. The van der Waals surface area contributed by atoms with E-state index in [1.807, 2.05) is 49.4 Å². The highest BCUT2D eigenvalue weighted by Crippen LogP contribution is 2.26. The zero-order valence-corrected chi connectivity index (χ0v) is 18.1. The maximum atomic E-state index is 12.8. The van der Waals surface area contributed by atoms with Gasteiger partial charge >= 0.3 is 0 Å². The average molecular weight is 423 g/mol. The first-order valence-corrected chi connectivity index (χ1v) is 11.0. The van der Waals surface area contributed by atoms with Gasteiger partial charge in [-0.15, -0.1) is 0 Å². The van der Waals surface area contributed by atoms with Gasteiger partial charge in [0, 0.05) is 36.7 Å². The van der Waals surface area contributed by atoms with Gasteiger partial charge in [0.2, 0.25) is 11.0 Å². The summed E-state index contributed by atoms with van der Waals surface area (Å²) in [7, 11) is 1.67. The van der Waals surface area contributed by atoms with Gasteiger partial charge < -0.3 is 15.0 Å².